The highest BCUT2D eigenvalue weighted by Crippen LogP contribution is 2.33. The van der Waals surface area contributed by atoms with Gasteiger partial charge >= 0.3 is 6.09 Å². The van der Waals surface area contributed by atoms with Crippen molar-refractivity contribution in [3.63, 3.8) is 0 Å². The molecule has 1 fully saturated rings. The number of carbonyl (C=O) groups excluding carboxylic acids is 5. The minimum absolute atomic E-state index is 0.00851. The molecule has 5 heterocycles. The minimum atomic E-state index is -0.724. The van der Waals surface area contributed by atoms with E-state index >= 15 is 0 Å². The summed E-state index contributed by atoms with van der Waals surface area (Å²) in [6.45, 7) is 8.95. The Morgan fingerprint density at radius 3 is 1.75 bits per heavy atom. The van der Waals surface area contributed by atoms with Gasteiger partial charge in [-0.15, -0.1) is 0 Å². The van der Waals surface area contributed by atoms with E-state index in [1.807, 2.05) is 26.0 Å². The van der Waals surface area contributed by atoms with Crippen molar-refractivity contribution >= 4 is 63.7 Å². The summed E-state index contributed by atoms with van der Waals surface area (Å²) in [6, 6.07) is 9.37. The molecule has 0 spiro atoms. The highest BCUT2D eigenvalue weighted by atomic mass is 16.6. The van der Waals surface area contributed by atoms with Crippen LogP contribution in [0.5, 0.6) is 11.5 Å². The summed E-state index contributed by atoms with van der Waals surface area (Å²) in [7, 11) is 1.45. The lowest BCUT2D eigenvalue weighted by molar-refractivity contribution is 0.0758. The van der Waals surface area contributed by atoms with Gasteiger partial charge in [0, 0.05) is 56.3 Å². The quantitative estimate of drug-likeness (QED) is 0.0646. The number of aliphatic hydroxyl groups excluding tert-OH is 1. The van der Waals surface area contributed by atoms with Crippen LogP contribution in [0.15, 0.2) is 48.6 Å². The third-order valence-electron chi connectivity index (χ3n) is 11.1. The number of aliphatic hydroxyl groups is 1. The number of nitrogens with two attached hydrogens (primary N) is 2. The predicted molar refractivity (Wildman–Crippen MR) is 249 cm³/mol. The molecule has 1 saturated heterocycles. The predicted octanol–water partition coefficient (Wildman–Crippen LogP) is 3.63. The number of nitrogens with zero attached hydrogens (tertiary/aromatic N) is 9. The number of imidazole rings is 2. The Labute approximate surface area is 390 Å². The van der Waals surface area contributed by atoms with E-state index in [2.05, 4.69) is 37.7 Å². The SMILES string of the molecule is CCn1nc(C)cc1C(=O)Nc1nc2cc(C(N)=O)cc(OC)c2n1C/C=C/Cn1c(NC(=O)c2cc(C)nn2CC)nc2cc(C(N)=O)cc(OCC#CC3CCN(C(=O)OCCO)CC3)c21. The van der Waals surface area contributed by atoms with Gasteiger partial charge in [-0.1, -0.05) is 24.0 Å². The van der Waals surface area contributed by atoms with Crippen LogP contribution in [0.1, 0.15) is 79.8 Å². The first-order valence-electron chi connectivity index (χ1n) is 22.0. The average Bonchev–Trinajstić information content (AvgIpc) is 4.10. The number of hydrogen-bond donors (Lipinski definition) is 5. The van der Waals surface area contributed by atoms with E-state index in [9.17, 15) is 24.0 Å². The largest absolute Gasteiger partial charge is 0.494 e. The van der Waals surface area contributed by atoms with Crippen molar-refractivity contribution in [3.8, 4) is 23.3 Å². The van der Waals surface area contributed by atoms with Gasteiger partial charge in [-0.05, 0) is 76.9 Å². The molecule has 7 rings (SSSR count). The van der Waals surface area contributed by atoms with E-state index in [4.69, 9.17) is 35.8 Å². The smallest absolute Gasteiger partial charge is 0.409 e. The number of rotatable bonds is 17. The van der Waals surface area contributed by atoms with Crippen molar-refractivity contribution in [1.29, 1.82) is 0 Å². The summed E-state index contributed by atoms with van der Waals surface area (Å²) >= 11 is 0. The standard InChI is InChI=1S/C46H53N13O9/c1-6-58-34(21-27(3)53-58)42(63)51-44-49-32-23-30(40(47)61)25-36(66-5)38(32)56(44)14-8-9-15-57-39-33(50-45(57)52-43(64)35-22-28(4)54-59(35)7-2)24-31(41(48)62)26-37(39)67-19-10-11-29-12-16-55(17-13-29)46(65)68-20-18-60/h8-9,21-26,29,60H,6-7,12-20H2,1-5H3,(H2,47,61)(H2,48,62)(H,49,51,63)(H,50,52,64)/b9-8+. The number of piperidine rings is 1. The fourth-order valence-corrected chi connectivity index (χ4v) is 7.92. The molecule has 2 aromatic carbocycles. The second kappa shape index (κ2) is 21.0. The number of aromatic nitrogens is 8. The van der Waals surface area contributed by atoms with Crippen molar-refractivity contribution in [1.82, 2.24) is 43.6 Å². The van der Waals surface area contributed by atoms with Crippen LogP contribution in [0.25, 0.3) is 22.1 Å². The lowest BCUT2D eigenvalue weighted by Gasteiger charge is -2.28. The molecular formula is C46H53N13O9. The highest BCUT2D eigenvalue weighted by molar-refractivity contribution is 6.05. The number of carbonyl (C=O) groups is 5. The maximum absolute atomic E-state index is 13.9. The van der Waals surface area contributed by atoms with E-state index < -0.39 is 29.7 Å². The second-order valence-corrected chi connectivity index (χ2v) is 15.8. The Hall–Kier alpha value is -8.19. The Morgan fingerprint density at radius 1 is 0.779 bits per heavy atom. The number of methoxy groups -OCH3 is 1. The van der Waals surface area contributed by atoms with Crippen molar-refractivity contribution in [2.75, 3.05) is 50.7 Å². The number of fused-ring (bicyclic) bond motifs is 2. The van der Waals surface area contributed by atoms with E-state index in [0.29, 0.717) is 89.6 Å². The fraction of sp³-hybridized carbons (Fsp3) is 0.370. The minimum Gasteiger partial charge on any atom is -0.494 e. The fourth-order valence-electron chi connectivity index (χ4n) is 7.92. The molecule has 0 radical (unpaired) electrons. The summed E-state index contributed by atoms with van der Waals surface area (Å²) in [6.07, 6.45) is 4.39. The molecule has 22 heteroatoms. The number of benzene rings is 2. The number of primary amides is 2. The summed E-state index contributed by atoms with van der Waals surface area (Å²) in [4.78, 5) is 75.7. The number of hydrogen-bond acceptors (Lipinski definition) is 13. The molecule has 6 aromatic rings. The molecule has 4 aromatic heterocycles. The van der Waals surface area contributed by atoms with Crippen LogP contribution in [-0.4, -0.2) is 118 Å². The molecule has 1 aliphatic rings. The van der Waals surface area contributed by atoms with Crippen LogP contribution in [0.2, 0.25) is 0 Å². The van der Waals surface area contributed by atoms with Gasteiger partial charge in [0.1, 0.15) is 47.1 Å². The van der Waals surface area contributed by atoms with Crippen LogP contribution in [0, 0.1) is 31.6 Å². The molecule has 0 aliphatic carbocycles. The number of aryl methyl sites for hydroxylation is 4. The molecule has 0 saturated carbocycles. The number of allylic oxidation sites excluding steroid dienone is 2. The maximum atomic E-state index is 13.9. The molecule has 356 valence electrons. The van der Waals surface area contributed by atoms with Gasteiger partial charge in [-0.2, -0.15) is 10.2 Å². The van der Waals surface area contributed by atoms with Gasteiger partial charge in [0.25, 0.3) is 11.8 Å². The first-order valence-corrected chi connectivity index (χ1v) is 22.0. The molecular weight excluding hydrogens is 879 g/mol. The van der Waals surface area contributed by atoms with E-state index in [1.165, 1.54) is 31.4 Å². The normalized spacial score (nSPS) is 12.9. The summed E-state index contributed by atoms with van der Waals surface area (Å²) < 4.78 is 23.6. The first-order chi connectivity index (χ1) is 32.7. The Balaban J connectivity index is 1.22. The zero-order valence-corrected chi connectivity index (χ0v) is 38.4. The van der Waals surface area contributed by atoms with Crippen LogP contribution >= 0.6 is 0 Å². The molecule has 1 aliphatic heterocycles. The number of nitrogens with one attached hydrogen (secondary N) is 2. The molecule has 5 amide bonds. The maximum Gasteiger partial charge on any atom is 0.409 e. The summed E-state index contributed by atoms with van der Waals surface area (Å²) in [5.74, 6) is 4.74. The molecule has 22 nitrogen and oxygen atoms in total. The van der Waals surface area contributed by atoms with Crippen LogP contribution in [0.3, 0.4) is 0 Å². The number of amides is 5. The van der Waals surface area contributed by atoms with Gasteiger partial charge in [-0.25, -0.2) is 14.8 Å². The number of ether oxygens (including phenoxy) is 3. The van der Waals surface area contributed by atoms with Crippen molar-refractivity contribution in [2.45, 2.75) is 66.7 Å². The third-order valence-corrected chi connectivity index (χ3v) is 11.1. The summed E-state index contributed by atoms with van der Waals surface area (Å²) in [5, 5.41) is 23.6. The van der Waals surface area contributed by atoms with E-state index in [-0.39, 0.29) is 67.6 Å². The molecule has 7 N–H and O–H groups in total. The molecule has 0 unspecified atom stereocenters. The monoisotopic (exact) mass is 931 g/mol. The van der Waals surface area contributed by atoms with E-state index in [1.54, 1.807) is 49.4 Å². The van der Waals surface area contributed by atoms with Crippen LogP contribution in [-0.2, 0) is 30.9 Å². The van der Waals surface area contributed by atoms with E-state index in [0.717, 1.165) is 0 Å². The Bertz CT molecular complexity index is 3000. The van der Waals surface area contributed by atoms with Gasteiger partial charge in [-0.3, -0.25) is 39.2 Å². The zero-order chi connectivity index (χ0) is 48.6. The van der Waals surface area contributed by atoms with Crippen molar-refractivity contribution in [3.05, 3.63) is 82.5 Å². The topological polar surface area (TPSA) is 284 Å². The van der Waals surface area contributed by atoms with Crippen molar-refractivity contribution in [2.24, 2.45) is 17.4 Å². The van der Waals surface area contributed by atoms with Crippen LogP contribution in [0.4, 0.5) is 16.7 Å². The lowest BCUT2D eigenvalue weighted by atomic mass is 9.98. The highest BCUT2D eigenvalue weighted by Gasteiger charge is 2.25. The van der Waals surface area contributed by atoms with Gasteiger partial charge in [0.05, 0.1) is 36.1 Å². The zero-order valence-electron chi connectivity index (χ0n) is 38.4. The molecule has 68 heavy (non-hydrogen) atoms. The molecule has 0 bridgehead atoms. The Kier molecular flexibility index (Phi) is 14.7. The number of anilines is 2. The molecule has 0 atom stereocenters. The third kappa shape index (κ3) is 10.4. The summed E-state index contributed by atoms with van der Waals surface area (Å²) in [5.41, 5.74) is 15.2. The van der Waals surface area contributed by atoms with Crippen LogP contribution < -0.4 is 31.6 Å². The average molecular weight is 932 g/mol. The van der Waals surface area contributed by atoms with Crippen molar-refractivity contribution < 1.29 is 43.3 Å². The second-order valence-electron chi connectivity index (χ2n) is 15.8. The van der Waals surface area contributed by atoms with Gasteiger partial charge in [0.15, 0.2) is 0 Å². The van der Waals surface area contributed by atoms with Gasteiger partial charge in [0.2, 0.25) is 23.7 Å². The Morgan fingerprint density at radius 2 is 1.28 bits per heavy atom. The van der Waals surface area contributed by atoms with Gasteiger partial charge < -0.3 is 44.8 Å². The number of likely N-dealkylation sites (tertiary alicyclic amines) is 1. The first kappa shape index (κ1) is 47.8. The lowest BCUT2D eigenvalue weighted by Crippen LogP contribution is -2.38.